The van der Waals surface area contributed by atoms with Crippen molar-refractivity contribution in [3.05, 3.63) is 82.9 Å². The molecule has 3 aromatic carbocycles. The number of benzene rings is 3. The zero-order valence-electron chi connectivity index (χ0n) is 23.1. The third-order valence-corrected chi connectivity index (χ3v) is 8.59. The van der Waals surface area contributed by atoms with E-state index < -0.39 is 29.0 Å². The highest BCUT2D eigenvalue weighted by atomic mass is 16.5. The number of aliphatic hydroxyl groups excluding tert-OH is 1. The van der Waals surface area contributed by atoms with Crippen LogP contribution in [0, 0.1) is 5.92 Å². The third-order valence-electron chi connectivity index (χ3n) is 8.59. The van der Waals surface area contributed by atoms with E-state index in [2.05, 4.69) is 0 Å². The van der Waals surface area contributed by atoms with Crippen molar-refractivity contribution >= 4 is 5.91 Å². The summed E-state index contributed by atoms with van der Waals surface area (Å²) in [5.74, 6) is 0.159. The van der Waals surface area contributed by atoms with E-state index in [1.54, 1.807) is 47.6 Å². The van der Waals surface area contributed by atoms with E-state index in [1.807, 2.05) is 48.5 Å². The van der Waals surface area contributed by atoms with E-state index in [1.165, 1.54) is 12.0 Å². The molecule has 0 aliphatic heterocycles. The molecule has 8 heteroatoms. The van der Waals surface area contributed by atoms with Crippen LogP contribution in [0.5, 0.6) is 23.0 Å². The van der Waals surface area contributed by atoms with Gasteiger partial charge in [-0.05, 0) is 41.3 Å². The van der Waals surface area contributed by atoms with E-state index in [0.717, 1.165) is 11.1 Å². The van der Waals surface area contributed by atoms with Gasteiger partial charge < -0.3 is 34.1 Å². The molecule has 3 aromatic rings. The van der Waals surface area contributed by atoms with Gasteiger partial charge in [0.15, 0.2) is 11.5 Å². The Kier molecular flexibility index (Phi) is 6.73. The summed E-state index contributed by atoms with van der Waals surface area (Å²) in [4.78, 5) is 15.3. The molecule has 206 valence electrons. The Bertz CT molecular complexity index is 1390. The smallest absolute Gasteiger partial charge is 0.228 e. The van der Waals surface area contributed by atoms with Crippen molar-refractivity contribution in [1.82, 2.24) is 4.90 Å². The van der Waals surface area contributed by atoms with Gasteiger partial charge in [0.1, 0.15) is 23.2 Å². The van der Waals surface area contributed by atoms with Crippen LogP contribution in [0.3, 0.4) is 0 Å². The largest absolute Gasteiger partial charge is 0.497 e. The molecule has 0 spiro atoms. The third kappa shape index (κ3) is 3.62. The van der Waals surface area contributed by atoms with Gasteiger partial charge in [-0.2, -0.15) is 0 Å². The van der Waals surface area contributed by atoms with Gasteiger partial charge in [-0.3, -0.25) is 4.79 Å². The summed E-state index contributed by atoms with van der Waals surface area (Å²) in [6.45, 7) is 0. The lowest BCUT2D eigenvalue weighted by Gasteiger charge is -2.43. The summed E-state index contributed by atoms with van der Waals surface area (Å²) in [6.07, 6.45) is -1.13. The van der Waals surface area contributed by atoms with Crippen molar-refractivity contribution in [1.29, 1.82) is 0 Å². The minimum atomic E-state index is -1.89. The van der Waals surface area contributed by atoms with Crippen molar-refractivity contribution in [2.75, 3.05) is 42.5 Å². The van der Waals surface area contributed by atoms with Crippen LogP contribution >= 0.6 is 0 Å². The molecule has 0 heterocycles. The number of rotatable bonds is 7. The average molecular weight is 534 g/mol. The Balaban J connectivity index is 1.91. The quantitative estimate of drug-likeness (QED) is 0.481. The van der Waals surface area contributed by atoms with Crippen LogP contribution < -0.4 is 18.9 Å². The van der Waals surface area contributed by atoms with Crippen LogP contribution in [0.4, 0.5) is 0 Å². The molecule has 5 unspecified atom stereocenters. The first-order valence-corrected chi connectivity index (χ1v) is 12.8. The fraction of sp³-hybridized carbons (Fsp3) is 0.387. The van der Waals surface area contributed by atoms with Gasteiger partial charge in [0.2, 0.25) is 5.91 Å². The molecule has 2 aliphatic rings. The summed E-state index contributed by atoms with van der Waals surface area (Å²) in [6, 6.07) is 18.7. The molecule has 5 atom stereocenters. The van der Waals surface area contributed by atoms with Crippen molar-refractivity contribution in [3.8, 4) is 23.0 Å². The predicted octanol–water partition coefficient (Wildman–Crippen LogP) is 3.27. The van der Waals surface area contributed by atoms with Crippen LogP contribution in [0.2, 0.25) is 0 Å². The van der Waals surface area contributed by atoms with E-state index in [-0.39, 0.29) is 5.91 Å². The number of amides is 1. The fourth-order valence-electron chi connectivity index (χ4n) is 7.01. The van der Waals surface area contributed by atoms with Gasteiger partial charge in [0, 0.05) is 37.1 Å². The highest BCUT2D eigenvalue weighted by Crippen LogP contribution is 2.70. The minimum Gasteiger partial charge on any atom is -0.497 e. The number of aliphatic hydroxyl groups is 2. The van der Waals surface area contributed by atoms with Crippen LogP contribution in [0.15, 0.2) is 60.7 Å². The van der Waals surface area contributed by atoms with Crippen molar-refractivity contribution in [2.45, 2.75) is 29.5 Å². The molecule has 39 heavy (non-hydrogen) atoms. The molecule has 0 aromatic heterocycles. The molecule has 8 nitrogen and oxygen atoms in total. The summed E-state index contributed by atoms with van der Waals surface area (Å²) in [5.41, 5.74) is -0.285. The predicted molar refractivity (Wildman–Crippen MR) is 146 cm³/mol. The van der Waals surface area contributed by atoms with Gasteiger partial charge in [-0.15, -0.1) is 0 Å². The molecule has 1 saturated carbocycles. The highest BCUT2D eigenvalue weighted by Gasteiger charge is 2.75. The molecule has 2 N–H and O–H groups in total. The number of methoxy groups -OCH3 is 4. The van der Waals surface area contributed by atoms with E-state index in [4.69, 9.17) is 18.9 Å². The lowest BCUT2D eigenvalue weighted by atomic mass is 9.62. The average Bonchev–Trinajstić information content (AvgIpc) is 3.34. The maximum Gasteiger partial charge on any atom is 0.228 e. The number of carbonyl (C=O) groups excluding carboxylic acids is 1. The number of hydrogen-bond acceptors (Lipinski definition) is 7. The Morgan fingerprint density at radius 2 is 1.54 bits per heavy atom. The van der Waals surface area contributed by atoms with Crippen LogP contribution in [-0.2, 0) is 22.2 Å². The van der Waals surface area contributed by atoms with Gasteiger partial charge in [-0.25, -0.2) is 0 Å². The second-order valence-electron chi connectivity index (χ2n) is 10.4. The van der Waals surface area contributed by atoms with Crippen molar-refractivity contribution < 1.29 is 34.0 Å². The van der Waals surface area contributed by atoms with Gasteiger partial charge in [-0.1, -0.05) is 36.4 Å². The first-order valence-electron chi connectivity index (χ1n) is 12.8. The standard InChI is InChI=1S/C31H35NO7/c1-32(2)29(34)25-27(18-10-8-7-9-11-18)30(20-12-13-22(37-4)23(15-20)38-5)17-19-14-21(36-3)16-24(39-6)26(19)31(30,35)28(25)33/h7-16,25,27-28,33,35H,17H2,1-6H3. The maximum absolute atomic E-state index is 13.8. The molecule has 1 fully saturated rings. The highest BCUT2D eigenvalue weighted by molar-refractivity contribution is 5.83. The van der Waals surface area contributed by atoms with Gasteiger partial charge >= 0.3 is 0 Å². The first kappa shape index (κ1) is 26.8. The normalized spacial score (nSPS) is 26.9. The first-order chi connectivity index (χ1) is 18.7. The number of fused-ring (bicyclic) bond motifs is 3. The Morgan fingerprint density at radius 1 is 0.872 bits per heavy atom. The zero-order valence-corrected chi connectivity index (χ0v) is 23.1. The Hall–Kier alpha value is -3.75. The SMILES string of the molecule is COc1cc2c(c(OC)c1)C1(O)C(O)C(C(=O)N(C)C)C(c3ccccc3)C1(c1ccc(OC)c(OC)c1)C2. The molecular formula is C31H35NO7. The molecule has 0 bridgehead atoms. The summed E-state index contributed by atoms with van der Waals surface area (Å²) >= 11 is 0. The molecular weight excluding hydrogens is 498 g/mol. The second kappa shape index (κ2) is 9.77. The number of nitrogens with zero attached hydrogens (tertiary/aromatic N) is 1. The maximum atomic E-state index is 13.8. The number of carbonyl (C=O) groups is 1. The number of ether oxygens (including phenoxy) is 4. The van der Waals surface area contributed by atoms with E-state index in [9.17, 15) is 15.0 Å². The van der Waals surface area contributed by atoms with Crippen molar-refractivity contribution in [3.63, 3.8) is 0 Å². The molecule has 5 rings (SSSR count). The molecule has 1 amide bonds. The summed E-state index contributed by atoms with van der Waals surface area (Å²) < 4.78 is 22.5. The van der Waals surface area contributed by atoms with Gasteiger partial charge in [0.05, 0.1) is 34.4 Å². The second-order valence-corrected chi connectivity index (χ2v) is 10.4. The van der Waals surface area contributed by atoms with Crippen LogP contribution in [0.1, 0.15) is 28.2 Å². The zero-order chi connectivity index (χ0) is 28.1. The Labute approximate surface area is 228 Å². The minimum absolute atomic E-state index is 0.270. The van der Waals surface area contributed by atoms with Gasteiger partial charge in [0.25, 0.3) is 0 Å². The molecule has 0 saturated heterocycles. The molecule has 2 aliphatic carbocycles. The van der Waals surface area contributed by atoms with Crippen molar-refractivity contribution in [2.24, 2.45) is 5.92 Å². The fourth-order valence-corrected chi connectivity index (χ4v) is 7.01. The summed E-state index contributed by atoms with van der Waals surface area (Å²) in [5, 5.41) is 25.2. The lowest BCUT2D eigenvalue weighted by Crippen LogP contribution is -2.50. The lowest BCUT2D eigenvalue weighted by molar-refractivity contribution is -0.142. The monoisotopic (exact) mass is 533 g/mol. The Morgan fingerprint density at radius 3 is 2.13 bits per heavy atom. The van der Waals surface area contributed by atoms with E-state index in [0.29, 0.717) is 40.5 Å². The topological polar surface area (TPSA) is 97.7 Å². The molecule has 0 radical (unpaired) electrons. The van der Waals surface area contributed by atoms with E-state index >= 15 is 0 Å². The summed E-state index contributed by atoms with van der Waals surface area (Å²) in [7, 11) is 9.54. The number of hydrogen-bond donors (Lipinski definition) is 2. The van der Waals surface area contributed by atoms with Crippen LogP contribution in [0.25, 0.3) is 0 Å². The van der Waals surface area contributed by atoms with Crippen LogP contribution in [-0.4, -0.2) is 69.7 Å².